The predicted octanol–water partition coefficient (Wildman–Crippen LogP) is 1.45. The van der Waals surface area contributed by atoms with Crippen LogP contribution in [0, 0.1) is 5.92 Å². The standard InChI is InChI=1S/C15H29N3O/c1-11(2)8-14(16)15(19)18-10-13-6-4-5-7-17(13)9-12(18)3/h11-14H,4-10,16H2,1-3H3/t12?,13?,14-/m0/s1. The molecule has 2 aliphatic heterocycles. The third-order valence-electron chi connectivity index (χ3n) is 4.51. The Balaban J connectivity index is 1.97. The first-order chi connectivity index (χ1) is 8.99. The molecule has 0 spiro atoms. The van der Waals surface area contributed by atoms with Gasteiger partial charge in [0.2, 0.25) is 5.91 Å². The monoisotopic (exact) mass is 267 g/mol. The topological polar surface area (TPSA) is 49.6 Å². The maximum absolute atomic E-state index is 12.5. The van der Waals surface area contributed by atoms with Gasteiger partial charge in [-0.05, 0) is 38.6 Å². The highest BCUT2D eigenvalue weighted by Gasteiger charge is 2.36. The summed E-state index contributed by atoms with van der Waals surface area (Å²) in [6.07, 6.45) is 4.63. The predicted molar refractivity (Wildman–Crippen MR) is 77.8 cm³/mol. The maximum Gasteiger partial charge on any atom is 0.239 e. The zero-order valence-corrected chi connectivity index (χ0v) is 12.6. The third kappa shape index (κ3) is 3.48. The van der Waals surface area contributed by atoms with E-state index in [0.717, 1.165) is 19.5 Å². The van der Waals surface area contributed by atoms with Gasteiger partial charge < -0.3 is 10.6 Å². The van der Waals surface area contributed by atoms with Crippen molar-refractivity contribution >= 4 is 5.91 Å². The molecule has 3 atom stereocenters. The lowest BCUT2D eigenvalue weighted by atomic mass is 9.95. The van der Waals surface area contributed by atoms with Crippen molar-refractivity contribution in [1.29, 1.82) is 0 Å². The van der Waals surface area contributed by atoms with Crippen LogP contribution in [0.1, 0.15) is 46.5 Å². The molecular weight excluding hydrogens is 238 g/mol. The zero-order chi connectivity index (χ0) is 14.0. The van der Waals surface area contributed by atoms with Crippen LogP contribution in [-0.2, 0) is 4.79 Å². The van der Waals surface area contributed by atoms with Crippen LogP contribution in [-0.4, -0.2) is 53.5 Å². The van der Waals surface area contributed by atoms with Crippen LogP contribution in [0.2, 0.25) is 0 Å². The third-order valence-corrected chi connectivity index (χ3v) is 4.51. The zero-order valence-electron chi connectivity index (χ0n) is 12.6. The fraction of sp³-hybridized carbons (Fsp3) is 0.933. The molecular formula is C15H29N3O. The molecule has 2 aliphatic rings. The molecule has 0 aliphatic carbocycles. The van der Waals surface area contributed by atoms with E-state index in [-0.39, 0.29) is 11.9 Å². The first-order valence-corrected chi connectivity index (χ1v) is 7.79. The van der Waals surface area contributed by atoms with Crippen LogP contribution in [0.4, 0.5) is 0 Å². The molecule has 19 heavy (non-hydrogen) atoms. The highest BCUT2D eigenvalue weighted by Crippen LogP contribution is 2.24. The molecule has 0 bridgehead atoms. The number of carbonyl (C=O) groups excluding carboxylic acids is 1. The molecule has 2 unspecified atom stereocenters. The minimum Gasteiger partial charge on any atom is -0.336 e. The number of nitrogens with two attached hydrogens (primary N) is 1. The smallest absolute Gasteiger partial charge is 0.239 e. The lowest BCUT2D eigenvalue weighted by molar-refractivity contribution is -0.139. The van der Waals surface area contributed by atoms with Crippen LogP contribution in [0.5, 0.6) is 0 Å². The van der Waals surface area contributed by atoms with Crippen LogP contribution in [0.3, 0.4) is 0 Å². The number of hydrogen-bond donors (Lipinski definition) is 1. The van der Waals surface area contributed by atoms with E-state index < -0.39 is 0 Å². The lowest BCUT2D eigenvalue weighted by Gasteiger charge is -2.48. The summed E-state index contributed by atoms with van der Waals surface area (Å²) >= 11 is 0. The summed E-state index contributed by atoms with van der Waals surface area (Å²) in [4.78, 5) is 17.1. The molecule has 2 heterocycles. The Bertz CT molecular complexity index is 319. The van der Waals surface area contributed by atoms with E-state index in [4.69, 9.17) is 5.73 Å². The summed E-state index contributed by atoms with van der Waals surface area (Å²) < 4.78 is 0. The van der Waals surface area contributed by atoms with Crippen molar-refractivity contribution in [1.82, 2.24) is 9.80 Å². The number of rotatable bonds is 3. The normalized spacial score (nSPS) is 30.3. The Hall–Kier alpha value is -0.610. The van der Waals surface area contributed by atoms with Crippen LogP contribution in [0.15, 0.2) is 0 Å². The van der Waals surface area contributed by atoms with Crippen molar-refractivity contribution in [3.8, 4) is 0 Å². The van der Waals surface area contributed by atoms with E-state index in [1.807, 2.05) is 4.90 Å². The molecule has 0 aromatic rings. The summed E-state index contributed by atoms with van der Waals surface area (Å²) in [6, 6.07) is 0.554. The van der Waals surface area contributed by atoms with Crippen LogP contribution in [0.25, 0.3) is 0 Å². The van der Waals surface area contributed by atoms with Gasteiger partial charge in [0.05, 0.1) is 6.04 Å². The van der Waals surface area contributed by atoms with Gasteiger partial charge >= 0.3 is 0 Å². The van der Waals surface area contributed by atoms with E-state index in [0.29, 0.717) is 18.0 Å². The number of nitrogens with zero attached hydrogens (tertiary/aromatic N) is 2. The Morgan fingerprint density at radius 2 is 2.05 bits per heavy atom. The Morgan fingerprint density at radius 1 is 1.32 bits per heavy atom. The maximum atomic E-state index is 12.5. The summed E-state index contributed by atoms with van der Waals surface area (Å²) in [7, 11) is 0. The summed E-state index contributed by atoms with van der Waals surface area (Å²) in [5.74, 6) is 0.636. The van der Waals surface area contributed by atoms with E-state index in [2.05, 4.69) is 25.7 Å². The fourth-order valence-corrected chi connectivity index (χ4v) is 3.48. The second-order valence-electron chi connectivity index (χ2n) is 6.72. The lowest BCUT2D eigenvalue weighted by Crippen LogP contribution is -2.62. The number of amides is 1. The van der Waals surface area contributed by atoms with E-state index in [1.54, 1.807) is 0 Å². The number of piperidine rings is 1. The minimum absolute atomic E-state index is 0.159. The van der Waals surface area contributed by atoms with E-state index in [1.165, 1.54) is 25.8 Å². The molecule has 0 aromatic heterocycles. The van der Waals surface area contributed by atoms with Gasteiger partial charge in [-0.3, -0.25) is 9.69 Å². The van der Waals surface area contributed by atoms with Gasteiger partial charge in [0.15, 0.2) is 0 Å². The Kier molecular flexibility index (Phi) is 4.85. The van der Waals surface area contributed by atoms with Gasteiger partial charge in [-0.25, -0.2) is 0 Å². The molecule has 110 valence electrons. The van der Waals surface area contributed by atoms with E-state index in [9.17, 15) is 4.79 Å². The summed E-state index contributed by atoms with van der Waals surface area (Å²) in [6.45, 7) is 9.50. The van der Waals surface area contributed by atoms with Crippen LogP contribution < -0.4 is 5.73 Å². The number of piperazine rings is 1. The quantitative estimate of drug-likeness (QED) is 0.842. The van der Waals surface area contributed by atoms with E-state index >= 15 is 0 Å². The molecule has 2 N–H and O–H groups in total. The molecule has 2 fully saturated rings. The van der Waals surface area contributed by atoms with Gasteiger partial charge in [-0.1, -0.05) is 20.3 Å². The molecule has 4 heteroatoms. The van der Waals surface area contributed by atoms with Crippen LogP contribution >= 0.6 is 0 Å². The molecule has 2 rings (SSSR count). The average Bonchev–Trinajstić information content (AvgIpc) is 2.36. The van der Waals surface area contributed by atoms with Crippen molar-refractivity contribution in [3.63, 3.8) is 0 Å². The minimum atomic E-state index is -0.322. The summed E-state index contributed by atoms with van der Waals surface area (Å²) in [5.41, 5.74) is 6.07. The largest absolute Gasteiger partial charge is 0.336 e. The highest BCUT2D eigenvalue weighted by molar-refractivity contribution is 5.82. The first-order valence-electron chi connectivity index (χ1n) is 7.79. The second-order valence-corrected chi connectivity index (χ2v) is 6.72. The average molecular weight is 267 g/mol. The molecule has 0 radical (unpaired) electrons. The number of carbonyl (C=O) groups is 1. The van der Waals surface area contributed by atoms with Crippen molar-refractivity contribution < 1.29 is 4.79 Å². The molecule has 2 saturated heterocycles. The molecule has 0 saturated carbocycles. The molecule has 0 aromatic carbocycles. The van der Waals surface area contributed by atoms with Crippen molar-refractivity contribution in [3.05, 3.63) is 0 Å². The SMILES string of the molecule is CC(C)C[C@H](N)C(=O)N1CC2CCCCN2CC1C. The van der Waals surface area contributed by atoms with Crippen molar-refractivity contribution in [2.75, 3.05) is 19.6 Å². The fourth-order valence-electron chi connectivity index (χ4n) is 3.48. The van der Waals surface area contributed by atoms with Gasteiger partial charge in [0.25, 0.3) is 0 Å². The highest BCUT2D eigenvalue weighted by atomic mass is 16.2. The van der Waals surface area contributed by atoms with Crippen molar-refractivity contribution in [2.24, 2.45) is 11.7 Å². The first kappa shape index (κ1) is 14.8. The number of fused-ring (bicyclic) bond motifs is 1. The van der Waals surface area contributed by atoms with Gasteiger partial charge in [-0.2, -0.15) is 0 Å². The molecule has 4 nitrogen and oxygen atoms in total. The summed E-state index contributed by atoms with van der Waals surface area (Å²) in [5, 5.41) is 0. The van der Waals surface area contributed by atoms with Gasteiger partial charge in [0, 0.05) is 25.2 Å². The number of hydrogen-bond acceptors (Lipinski definition) is 3. The Morgan fingerprint density at radius 3 is 2.74 bits per heavy atom. The second kappa shape index (κ2) is 6.23. The van der Waals surface area contributed by atoms with Crippen molar-refractivity contribution in [2.45, 2.75) is 64.6 Å². The Labute approximate surface area is 117 Å². The molecule has 1 amide bonds. The van der Waals surface area contributed by atoms with Gasteiger partial charge in [0.1, 0.15) is 0 Å². The van der Waals surface area contributed by atoms with Gasteiger partial charge in [-0.15, -0.1) is 0 Å².